The summed E-state index contributed by atoms with van der Waals surface area (Å²) in [5.41, 5.74) is 0. The van der Waals surface area contributed by atoms with E-state index in [2.05, 4.69) is 34.2 Å². The van der Waals surface area contributed by atoms with Gasteiger partial charge >= 0.3 is 0 Å². The van der Waals surface area contributed by atoms with Crippen LogP contribution < -0.4 is 10.6 Å². The predicted octanol–water partition coefficient (Wildman–Crippen LogP) is 0.346. The molecule has 0 amide bonds. The molecule has 0 aromatic carbocycles. The molecule has 0 fully saturated rings. The van der Waals surface area contributed by atoms with Crippen molar-refractivity contribution in [2.24, 2.45) is 4.99 Å². The summed E-state index contributed by atoms with van der Waals surface area (Å²) in [7, 11) is 0. The number of unbranched alkanes of at least 4 members (excludes halogenated alkanes) is 1. The first kappa shape index (κ1) is 12.7. The lowest BCUT2D eigenvalue weighted by atomic mass is 10.3. The third-order valence-corrected chi connectivity index (χ3v) is 1.53. The van der Waals surface area contributed by atoms with E-state index in [1.807, 2.05) is 6.19 Å². The Morgan fingerprint density at radius 2 is 2.36 bits per heavy atom. The van der Waals surface area contributed by atoms with Gasteiger partial charge in [-0.2, -0.15) is 17.9 Å². The molecule has 0 aromatic rings. The highest BCUT2D eigenvalue weighted by atomic mass is 32.1. The summed E-state index contributed by atoms with van der Waals surface area (Å²) in [6.07, 6.45) is 8.49. The second-order valence-electron chi connectivity index (χ2n) is 2.43. The molecule has 0 aromatic heterocycles. The lowest BCUT2D eigenvalue weighted by molar-refractivity contribution is 0.781. The molecule has 0 aliphatic carbocycles. The van der Waals surface area contributed by atoms with Gasteiger partial charge in [-0.05, 0) is 6.42 Å². The number of guanidine groups is 1. The molecule has 0 unspecified atom stereocenters. The number of nitrogens with zero attached hydrogens (tertiary/aromatic N) is 2. The summed E-state index contributed by atoms with van der Waals surface area (Å²) in [4.78, 5) is 4.07. The topological polar surface area (TPSA) is 60.2 Å². The molecule has 0 spiro atoms. The zero-order chi connectivity index (χ0) is 10.6. The number of nitrogens with one attached hydrogen (secondary N) is 2. The maximum atomic E-state index is 8.41. The van der Waals surface area contributed by atoms with Gasteiger partial charge in [0.05, 0.1) is 6.54 Å². The number of hydrogen-bond acceptors (Lipinski definition) is 3. The number of hydrogen-bond donors (Lipinski definition) is 3. The number of terminal acetylenes is 1. The molecule has 0 saturated heterocycles. The van der Waals surface area contributed by atoms with Gasteiger partial charge in [-0.15, -0.1) is 12.3 Å². The van der Waals surface area contributed by atoms with Crippen LogP contribution in [-0.2, 0) is 0 Å². The Morgan fingerprint density at radius 1 is 1.57 bits per heavy atom. The minimum absolute atomic E-state index is 0.485. The van der Waals surface area contributed by atoms with E-state index in [9.17, 15) is 0 Å². The summed E-state index contributed by atoms with van der Waals surface area (Å²) in [5.74, 6) is 3.68. The third kappa shape index (κ3) is 7.33. The smallest absolute Gasteiger partial charge is 0.204 e. The molecule has 0 aliphatic heterocycles. The zero-order valence-corrected chi connectivity index (χ0v) is 8.85. The van der Waals surface area contributed by atoms with E-state index in [1.165, 1.54) is 0 Å². The first-order valence-electron chi connectivity index (χ1n) is 4.33. The normalized spacial score (nSPS) is 10.1. The molecule has 2 N–H and O–H groups in total. The lowest BCUT2D eigenvalue weighted by Gasteiger charge is -2.05. The van der Waals surface area contributed by atoms with Gasteiger partial charge in [-0.1, -0.05) is 0 Å². The van der Waals surface area contributed by atoms with Gasteiger partial charge in [0.1, 0.15) is 0 Å². The quantitative estimate of drug-likeness (QED) is 0.117. The molecule has 5 heteroatoms. The molecule has 4 nitrogen and oxygen atoms in total. The van der Waals surface area contributed by atoms with Crippen LogP contribution in [0.1, 0.15) is 12.8 Å². The van der Waals surface area contributed by atoms with Crippen molar-refractivity contribution in [3.63, 3.8) is 0 Å². The molecule has 0 atom stereocenters. The fraction of sp³-hybridized carbons (Fsp3) is 0.556. The van der Waals surface area contributed by atoms with Crippen LogP contribution in [0.15, 0.2) is 4.99 Å². The number of aliphatic imine (C=N–C) groups is 1. The zero-order valence-electron chi connectivity index (χ0n) is 7.95. The fourth-order valence-corrected chi connectivity index (χ4v) is 0.852. The van der Waals surface area contributed by atoms with E-state index in [1.54, 1.807) is 0 Å². The molecule has 14 heavy (non-hydrogen) atoms. The molecule has 0 heterocycles. The minimum Gasteiger partial charge on any atom is -0.356 e. The largest absolute Gasteiger partial charge is 0.356 e. The van der Waals surface area contributed by atoms with Gasteiger partial charge in [-0.25, -0.2) is 0 Å². The van der Waals surface area contributed by atoms with Crippen molar-refractivity contribution in [3.8, 4) is 18.5 Å². The van der Waals surface area contributed by atoms with Crippen LogP contribution in [-0.4, -0.2) is 24.8 Å². The van der Waals surface area contributed by atoms with Crippen LogP contribution in [0.2, 0.25) is 0 Å². The monoisotopic (exact) mass is 210 g/mol. The number of thiol groups is 1. The predicted molar refractivity (Wildman–Crippen MR) is 61.0 cm³/mol. The minimum atomic E-state index is 0.485. The van der Waals surface area contributed by atoms with Gasteiger partial charge in [-0.3, -0.25) is 10.3 Å². The van der Waals surface area contributed by atoms with E-state index >= 15 is 0 Å². The van der Waals surface area contributed by atoms with Crippen molar-refractivity contribution in [1.82, 2.24) is 10.6 Å². The molecule has 76 valence electrons. The van der Waals surface area contributed by atoms with Gasteiger partial charge in [0.15, 0.2) is 6.19 Å². The van der Waals surface area contributed by atoms with Gasteiger partial charge < -0.3 is 5.32 Å². The second-order valence-corrected chi connectivity index (χ2v) is 2.87. The highest BCUT2D eigenvalue weighted by Gasteiger charge is 1.94. The molecule has 0 rings (SSSR count). The summed E-state index contributed by atoms with van der Waals surface area (Å²) >= 11 is 4.02. The molecule has 0 radical (unpaired) electrons. The Kier molecular flexibility index (Phi) is 8.83. The second kappa shape index (κ2) is 9.76. The van der Waals surface area contributed by atoms with Crippen molar-refractivity contribution in [2.45, 2.75) is 12.8 Å². The lowest BCUT2D eigenvalue weighted by Crippen LogP contribution is -2.35. The fourth-order valence-electron chi connectivity index (χ4n) is 0.752. The first-order valence-corrected chi connectivity index (χ1v) is 4.96. The molecular formula is C9H14N4S. The van der Waals surface area contributed by atoms with Gasteiger partial charge in [0.25, 0.3) is 0 Å². The Hall–Kier alpha value is -1.33. The molecule has 0 bridgehead atoms. The Bertz CT molecular complexity index is 249. The van der Waals surface area contributed by atoms with Crippen molar-refractivity contribution in [3.05, 3.63) is 0 Å². The Balaban J connectivity index is 3.75. The maximum Gasteiger partial charge on any atom is 0.204 e. The maximum absolute atomic E-state index is 8.41. The average Bonchev–Trinajstić information content (AvgIpc) is 2.20. The summed E-state index contributed by atoms with van der Waals surface area (Å²) in [6, 6.07) is 0. The van der Waals surface area contributed by atoms with Crippen molar-refractivity contribution in [2.75, 3.05) is 18.8 Å². The van der Waals surface area contributed by atoms with Crippen LogP contribution in [0, 0.1) is 23.8 Å². The van der Waals surface area contributed by atoms with E-state index in [-0.39, 0.29) is 0 Å². The summed E-state index contributed by atoms with van der Waals surface area (Å²) in [6.45, 7) is 1.29. The highest BCUT2D eigenvalue weighted by molar-refractivity contribution is 7.80. The van der Waals surface area contributed by atoms with E-state index in [0.29, 0.717) is 24.8 Å². The van der Waals surface area contributed by atoms with Crippen LogP contribution in [0.4, 0.5) is 0 Å². The highest BCUT2D eigenvalue weighted by Crippen LogP contribution is 1.83. The molecular weight excluding hydrogens is 196 g/mol. The Labute approximate surface area is 90.2 Å². The molecule has 0 saturated carbocycles. The average molecular weight is 210 g/mol. The van der Waals surface area contributed by atoms with Crippen molar-refractivity contribution < 1.29 is 0 Å². The molecule has 0 aliphatic rings. The third-order valence-electron chi connectivity index (χ3n) is 1.33. The number of rotatable bonds is 5. The van der Waals surface area contributed by atoms with E-state index in [0.717, 1.165) is 12.8 Å². The first-order chi connectivity index (χ1) is 6.85. The van der Waals surface area contributed by atoms with Crippen molar-refractivity contribution >= 4 is 18.6 Å². The van der Waals surface area contributed by atoms with Gasteiger partial charge in [0, 0.05) is 18.7 Å². The van der Waals surface area contributed by atoms with Crippen LogP contribution in [0.25, 0.3) is 0 Å². The van der Waals surface area contributed by atoms with Gasteiger partial charge in [0.2, 0.25) is 5.96 Å². The summed E-state index contributed by atoms with van der Waals surface area (Å²) < 4.78 is 0. The van der Waals surface area contributed by atoms with E-state index < -0.39 is 0 Å². The van der Waals surface area contributed by atoms with Crippen molar-refractivity contribution in [1.29, 1.82) is 5.26 Å². The number of nitriles is 1. The van der Waals surface area contributed by atoms with Crippen LogP contribution in [0.3, 0.4) is 0 Å². The van der Waals surface area contributed by atoms with Crippen LogP contribution >= 0.6 is 12.6 Å². The van der Waals surface area contributed by atoms with Crippen LogP contribution in [0.5, 0.6) is 0 Å². The standard InChI is InChI=1S/C9H14N4S/c1-2-3-4-5-11-9(13-8-10)12-6-7-14/h1,14H,3-7H2,(H2,11,12,13). The Morgan fingerprint density at radius 3 is 2.93 bits per heavy atom. The summed E-state index contributed by atoms with van der Waals surface area (Å²) in [5, 5.41) is 13.8. The SMILES string of the molecule is C#CCCCN/C(=N/CCS)NC#N. The van der Waals surface area contributed by atoms with E-state index in [4.69, 9.17) is 11.7 Å².